The van der Waals surface area contributed by atoms with Crippen molar-refractivity contribution in [2.24, 2.45) is 0 Å². The number of sulfonamides is 1. The Morgan fingerprint density at radius 3 is 2.32 bits per heavy atom. The zero-order chi connectivity index (χ0) is 18.6. The molecule has 0 spiro atoms. The highest BCUT2D eigenvalue weighted by molar-refractivity contribution is 7.89. The van der Waals surface area contributed by atoms with Crippen LogP contribution in [-0.4, -0.2) is 44.0 Å². The standard InChI is InChI=1S/C18H21NO5S/c1-13-8-10-15(11-9-13)25(22,23)19(2)16(18(20)21)12-14-6-4-5-7-17(14)24-3/h4-11,16H,12H2,1-3H3,(H,20,21)/t16-/m1/s1. The van der Waals surface area contributed by atoms with Crippen LogP contribution in [0.15, 0.2) is 53.4 Å². The summed E-state index contributed by atoms with van der Waals surface area (Å²) in [6, 6.07) is 12.0. The van der Waals surface area contributed by atoms with E-state index in [2.05, 4.69) is 0 Å². The second-order valence-electron chi connectivity index (χ2n) is 5.70. The number of para-hydroxylation sites is 1. The van der Waals surface area contributed by atoms with E-state index in [1.807, 2.05) is 6.92 Å². The maximum Gasteiger partial charge on any atom is 0.322 e. The van der Waals surface area contributed by atoms with Crippen LogP contribution in [0.5, 0.6) is 5.75 Å². The van der Waals surface area contributed by atoms with Gasteiger partial charge in [0.15, 0.2) is 0 Å². The molecule has 0 saturated carbocycles. The number of hydrogen-bond donors (Lipinski definition) is 1. The summed E-state index contributed by atoms with van der Waals surface area (Å²) in [5.74, 6) is -0.695. The maximum absolute atomic E-state index is 12.8. The zero-order valence-electron chi connectivity index (χ0n) is 14.3. The fraction of sp³-hybridized carbons (Fsp3) is 0.278. The molecule has 0 fully saturated rings. The molecule has 0 amide bonds. The molecule has 0 aliphatic rings. The third-order valence-electron chi connectivity index (χ3n) is 4.03. The summed E-state index contributed by atoms with van der Waals surface area (Å²) in [6.45, 7) is 1.85. The summed E-state index contributed by atoms with van der Waals surface area (Å²) >= 11 is 0. The van der Waals surface area contributed by atoms with E-state index in [-0.39, 0.29) is 11.3 Å². The first-order valence-electron chi connectivity index (χ1n) is 7.66. The molecule has 2 aromatic rings. The SMILES string of the molecule is COc1ccccc1C[C@H](C(=O)O)N(C)S(=O)(=O)c1ccc(C)cc1. The topological polar surface area (TPSA) is 83.9 Å². The number of nitrogens with zero attached hydrogens (tertiary/aromatic N) is 1. The summed E-state index contributed by atoms with van der Waals surface area (Å²) in [4.78, 5) is 11.8. The minimum Gasteiger partial charge on any atom is -0.496 e. The van der Waals surface area contributed by atoms with Gasteiger partial charge in [0, 0.05) is 13.5 Å². The predicted octanol–water partition coefficient (Wildman–Crippen LogP) is 2.32. The van der Waals surface area contributed by atoms with Crippen molar-refractivity contribution in [2.45, 2.75) is 24.3 Å². The Balaban J connectivity index is 2.36. The van der Waals surface area contributed by atoms with Gasteiger partial charge in [-0.25, -0.2) is 8.42 Å². The third kappa shape index (κ3) is 4.18. The number of methoxy groups -OCH3 is 1. The number of aliphatic carboxylic acids is 1. The Morgan fingerprint density at radius 2 is 1.76 bits per heavy atom. The van der Waals surface area contributed by atoms with Gasteiger partial charge in [-0.2, -0.15) is 4.31 Å². The summed E-state index contributed by atoms with van der Waals surface area (Å²) in [5.41, 5.74) is 1.55. The second-order valence-corrected chi connectivity index (χ2v) is 7.70. The van der Waals surface area contributed by atoms with E-state index >= 15 is 0 Å². The summed E-state index contributed by atoms with van der Waals surface area (Å²) in [5, 5.41) is 9.58. The number of carboxylic acid groups (broad SMARTS) is 1. The predicted molar refractivity (Wildman–Crippen MR) is 94.2 cm³/mol. The van der Waals surface area contributed by atoms with Gasteiger partial charge in [-0.15, -0.1) is 0 Å². The van der Waals surface area contributed by atoms with Gasteiger partial charge in [-0.05, 0) is 30.7 Å². The van der Waals surface area contributed by atoms with Crippen molar-refractivity contribution < 1.29 is 23.1 Å². The van der Waals surface area contributed by atoms with Gasteiger partial charge in [0.1, 0.15) is 11.8 Å². The molecule has 2 rings (SSSR count). The quantitative estimate of drug-likeness (QED) is 0.816. The number of ether oxygens (including phenoxy) is 1. The van der Waals surface area contributed by atoms with Crippen LogP contribution in [0.3, 0.4) is 0 Å². The molecule has 1 N–H and O–H groups in total. The summed E-state index contributed by atoms with van der Waals surface area (Å²) in [7, 11) is -1.16. The lowest BCUT2D eigenvalue weighted by atomic mass is 10.1. The van der Waals surface area contributed by atoms with Crippen molar-refractivity contribution in [1.29, 1.82) is 0 Å². The molecule has 7 heteroatoms. The highest BCUT2D eigenvalue weighted by Crippen LogP contribution is 2.23. The molecule has 0 aliphatic heterocycles. The molecule has 0 radical (unpaired) electrons. The summed E-state index contributed by atoms with van der Waals surface area (Å²) < 4.78 is 31.7. The number of likely N-dealkylation sites (N-methyl/N-ethyl adjacent to an activating group) is 1. The average molecular weight is 363 g/mol. The van der Waals surface area contributed by atoms with Crippen molar-refractivity contribution >= 4 is 16.0 Å². The van der Waals surface area contributed by atoms with Crippen molar-refractivity contribution in [3.63, 3.8) is 0 Å². The van der Waals surface area contributed by atoms with E-state index in [9.17, 15) is 18.3 Å². The number of aryl methyl sites for hydroxylation is 1. The zero-order valence-corrected chi connectivity index (χ0v) is 15.2. The first-order chi connectivity index (χ1) is 11.8. The van der Waals surface area contributed by atoms with Crippen molar-refractivity contribution in [3.05, 3.63) is 59.7 Å². The highest BCUT2D eigenvalue weighted by Gasteiger charge is 2.33. The average Bonchev–Trinajstić information content (AvgIpc) is 2.59. The molecular formula is C18H21NO5S. The van der Waals surface area contributed by atoms with Crippen LogP contribution in [0.25, 0.3) is 0 Å². The normalized spacial score (nSPS) is 12.8. The molecule has 1 atom stereocenters. The van der Waals surface area contributed by atoms with Crippen LogP contribution >= 0.6 is 0 Å². The van der Waals surface area contributed by atoms with Gasteiger partial charge in [0.2, 0.25) is 10.0 Å². The molecule has 0 unspecified atom stereocenters. The van der Waals surface area contributed by atoms with Gasteiger partial charge in [0.05, 0.1) is 12.0 Å². The number of carbonyl (C=O) groups is 1. The highest BCUT2D eigenvalue weighted by atomic mass is 32.2. The molecule has 0 aromatic heterocycles. The van der Waals surface area contributed by atoms with Crippen molar-refractivity contribution in [1.82, 2.24) is 4.31 Å². The first kappa shape index (κ1) is 19.0. The van der Waals surface area contributed by atoms with E-state index < -0.39 is 22.0 Å². The first-order valence-corrected chi connectivity index (χ1v) is 9.10. The molecule has 134 valence electrons. The Bertz CT molecular complexity index is 846. The van der Waals surface area contributed by atoms with Crippen LogP contribution in [0.2, 0.25) is 0 Å². The summed E-state index contributed by atoms with van der Waals surface area (Å²) in [6.07, 6.45) is 0.000931. The molecule has 25 heavy (non-hydrogen) atoms. The number of hydrogen-bond acceptors (Lipinski definition) is 4. The van der Waals surface area contributed by atoms with Crippen LogP contribution < -0.4 is 4.74 Å². The largest absolute Gasteiger partial charge is 0.496 e. The molecule has 0 heterocycles. The van der Waals surface area contributed by atoms with Crippen molar-refractivity contribution in [2.75, 3.05) is 14.2 Å². The van der Waals surface area contributed by atoms with Crippen molar-refractivity contribution in [3.8, 4) is 5.75 Å². The fourth-order valence-corrected chi connectivity index (χ4v) is 3.81. The number of rotatable bonds is 7. The van der Waals surface area contributed by atoms with Gasteiger partial charge in [-0.1, -0.05) is 35.9 Å². The van der Waals surface area contributed by atoms with Gasteiger partial charge in [-0.3, -0.25) is 4.79 Å². The smallest absolute Gasteiger partial charge is 0.322 e. The molecule has 2 aromatic carbocycles. The monoisotopic (exact) mass is 363 g/mol. The van der Waals surface area contributed by atoms with E-state index in [0.29, 0.717) is 11.3 Å². The van der Waals surface area contributed by atoms with E-state index in [4.69, 9.17) is 4.74 Å². The lowest BCUT2D eigenvalue weighted by molar-refractivity contribution is -0.141. The van der Waals surface area contributed by atoms with Crippen LogP contribution in [-0.2, 0) is 21.2 Å². The lowest BCUT2D eigenvalue weighted by Crippen LogP contribution is -2.43. The van der Waals surface area contributed by atoms with Gasteiger partial charge >= 0.3 is 5.97 Å². The third-order valence-corrected chi connectivity index (χ3v) is 5.91. The Labute approximate surface area is 147 Å². The molecule has 0 aliphatic carbocycles. The van der Waals surface area contributed by atoms with Crippen LogP contribution in [0.1, 0.15) is 11.1 Å². The minimum atomic E-state index is -3.93. The fourth-order valence-electron chi connectivity index (χ4n) is 2.50. The number of benzene rings is 2. The van der Waals surface area contributed by atoms with Crippen LogP contribution in [0.4, 0.5) is 0 Å². The maximum atomic E-state index is 12.8. The van der Waals surface area contributed by atoms with E-state index in [0.717, 1.165) is 9.87 Å². The Kier molecular flexibility index (Phi) is 5.81. The van der Waals surface area contributed by atoms with E-state index in [1.165, 1.54) is 26.3 Å². The van der Waals surface area contributed by atoms with E-state index in [1.54, 1.807) is 36.4 Å². The Morgan fingerprint density at radius 1 is 1.16 bits per heavy atom. The Hall–Kier alpha value is -2.38. The van der Waals surface area contributed by atoms with Crippen LogP contribution in [0, 0.1) is 6.92 Å². The van der Waals surface area contributed by atoms with Gasteiger partial charge < -0.3 is 9.84 Å². The molecule has 0 bridgehead atoms. The lowest BCUT2D eigenvalue weighted by Gasteiger charge is -2.25. The molecule has 0 saturated heterocycles. The van der Waals surface area contributed by atoms with Gasteiger partial charge in [0.25, 0.3) is 0 Å². The molecule has 6 nitrogen and oxygen atoms in total. The minimum absolute atomic E-state index is 0.000931. The number of carboxylic acids is 1. The molecular weight excluding hydrogens is 342 g/mol. The second kappa shape index (κ2) is 7.67.